The van der Waals surface area contributed by atoms with E-state index in [0.717, 1.165) is 4.47 Å². The molecule has 1 aromatic rings. The number of benzene rings is 1. The van der Waals surface area contributed by atoms with Crippen LogP contribution in [0.4, 0.5) is 0 Å². The topological polar surface area (TPSA) is 81.9 Å². The SMILES string of the molecule is O=C(CCCO)N/N=C\c1cc(Br)ccc1O. The monoisotopic (exact) mass is 300 g/mol. The number of nitrogens with one attached hydrogen (secondary N) is 1. The standard InChI is InChI=1S/C11H13BrN2O3/c12-9-3-4-10(16)8(6-9)7-13-14-11(17)2-1-5-15/h3-4,6-7,15-16H,1-2,5H2,(H,14,17)/b13-7-. The Balaban J connectivity index is 2.53. The summed E-state index contributed by atoms with van der Waals surface area (Å²) in [5.74, 6) is -0.189. The minimum atomic E-state index is -0.273. The van der Waals surface area contributed by atoms with Crippen molar-refractivity contribution in [1.29, 1.82) is 0 Å². The normalized spacial score (nSPS) is 10.7. The van der Waals surface area contributed by atoms with Gasteiger partial charge in [-0.1, -0.05) is 15.9 Å². The van der Waals surface area contributed by atoms with Crippen molar-refractivity contribution in [3.05, 3.63) is 28.2 Å². The van der Waals surface area contributed by atoms with Gasteiger partial charge in [0, 0.05) is 23.1 Å². The molecule has 0 unspecified atom stereocenters. The second-order valence-electron chi connectivity index (χ2n) is 3.32. The number of hydrogen-bond acceptors (Lipinski definition) is 4. The largest absolute Gasteiger partial charge is 0.507 e. The third-order valence-electron chi connectivity index (χ3n) is 1.94. The van der Waals surface area contributed by atoms with Gasteiger partial charge in [0.25, 0.3) is 0 Å². The first-order valence-corrected chi connectivity index (χ1v) is 5.84. The summed E-state index contributed by atoms with van der Waals surface area (Å²) in [5.41, 5.74) is 2.81. The quantitative estimate of drug-likeness (QED) is 0.567. The Morgan fingerprint density at radius 1 is 1.53 bits per heavy atom. The molecule has 0 heterocycles. The molecule has 17 heavy (non-hydrogen) atoms. The number of aromatic hydroxyl groups is 1. The van der Waals surface area contributed by atoms with E-state index in [1.165, 1.54) is 12.3 Å². The number of halogens is 1. The predicted octanol–water partition coefficient (Wildman–Crippen LogP) is 1.38. The zero-order valence-electron chi connectivity index (χ0n) is 9.06. The fraction of sp³-hybridized carbons (Fsp3) is 0.273. The number of aliphatic hydroxyl groups excluding tert-OH is 1. The molecule has 92 valence electrons. The third kappa shape index (κ3) is 4.97. The Hall–Kier alpha value is -1.40. The van der Waals surface area contributed by atoms with Crippen molar-refractivity contribution in [3.63, 3.8) is 0 Å². The van der Waals surface area contributed by atoms with Gasteiger partial charge in [-0.15, -0.1) is 0 Å². The van der Waals surface area contributed by atoms with Crippen molar-refractivity contribution in [3.8, 4) is 5.75 Å². The number of rotatable bonds is 5. The van der Waals surface area contributed by atoms with Crippen LogP contribution >= 0.6 is 15.9 Å². The molecule has 0 aliphatic heterocycles. The van der Waals surface area contributed by atoms with Crippen molar-refractivity contribution in [1.82, 2.24) is 5.43 Å². The van der Waals surface area contributed by atoms with E-state index in [1.54, 1.807) is 12.1 Å². The van der Waals surface area contributed by atoms with Crippen LogP contribution in [0.5, 0.6) is 5.75 Å². The van der Waals surface area contributed by atoms with Gasteiger partial charge in [0.1, 0.15) is 5.75 Å². The van der Waals surface area contributed by atoms with Crippen molar-refractivity contribution in [2.45, 2.75) is 12.8 Å². The number of carbonyl (C=O) groups is 1. The lowest BCUT2D eigenvalue weighted by molar-refractivity contribution is -0.121. The van der Waals surface area contributed by atoms with E-state index in [2.05, 4.69) is 26.5 Å². The molecular formula is C11H13BrN2O3. The van der Waals surface area contributed by atoms with Crippen molar-refractivity contribution < 1.29 is 15.0 Å². The van der Waals surface area contributed by atoms with E-state index in [0.29, 0.717) is 12.0 Å². The maximum absolute atomic E-state index is 11.1. The first kappa shape index (κ1) is 13.7. The maximum Gasteiger partial charge on any atom is 0.240 e. The van der Waals surface area contributed by atoms with Gasteiger partial charge in [-0.2, -0.15) is 5.10 Å². The van der Waals surface area contributed by atoms with Crippen LogP contribution in [0.1, 0.15) is 18.4 Å². The highest BCUT2D eigenvalue weighted by Crippen LogP contribution is 2.19. The molecule has 0 radical (unpaired) electrons. The number of phenolic OH excluding ortho intramolecular Hbond substituents is 1. The molecule has 0 spiro atoms. The lowest BCUT2D eigenvalue weighted by atomic mass is 10.2. The van der Waals surface area contributed by atoms with Crippen molar-refractivity contribution in [2.24, 2.45) is 5.10 Å². The highest BCUT2D eigenvalue weighted by atomic mass is 79.9. The Bertz CT molecular complexity index is 421. The first-order valence-electron chi connectivity index (χ1n) is 5.05. The average molecular weight is 301 g/mol. The van der Waals surface area contributed by atoms with E-state index < -0.39 is 0 Å². The van der Waals surface area contributed by atoms with Gasteiger partial charge in [-0.25, -0.2) is 5.43 Å². The maximum atomic E-state index is 11.1. The molecule has 1 rings (SSSR count). The number of hydrazone groups is 1. The van der Waals surface area contributed by atoms with Gasteiger partial charge < -0.3 is 10.2 Å². The first-order chi connectivity index (χ1) is 8.13. The summed E-state index contributed by atoms with van der Waals surface area (Å²) in [6.45, 7) is -0.0243. The summed E-state index contributed by atoms with van der Waals surface area (Å²) in [7, 11) is 0. The minimum Gasteiger partial charge on any atom is -0.507 e. The molecule has 0 aromatic heterocycles. The van der Waals surface area contributed by atoms with Crippen LogP contribution < -0.4 is 5.43 Å². The van der Waals surface area contributed by atoms with Gasteiger partial charge in [0.15, 0.2) is 0 Å². The highest BCUT2D eigenvalue weighted by molar-refractivity contribution is 9.10. The summed E-state index contributed by atoms with van der Waals surface area (Å²) >= 11 is 3.26. The molecule has 1 amide bonds. The number of aliphatic hydroxyl groups is 1. The molecule has 5 nitrogen and oxygen atoms in total. The fourth-order valence-electron chi connectivity index (χ4n) is 1.10. The summed E-state index contributed by atoms with van der Waals surface area (Å²) in [5, 5.41) is 21.7. The van der Waals surface area contributed by atoms with Gasteiger partial charge >= 0.3 is 0 Å². The summed E-state index contributed by atoms with van der Waals surface area (Å²) in [6, 6.07) is 4.91. The Morgan fingerprint density at radius 3 is 3.00 bits per heavy atom. The van der Waals surface area contributed by atoms with Crippen LogP contribution in [0.3, 0.4) is 0 Å². The Morgan fingerprint density at radius 2 is 2.29 bits per heavy atom. The molecule has 0 atom stereocenters. The second-order valence-corrected chi connectivity index (χ2v) is 4.24. The molecule has 0 aliphatic carbocycles. The minimum absolute atomic E-state index is 0.0243. The lowest BCUT2D eigenvalue weighted by Crippen LogP contribution is -2.17. The van der Waals surface area contributed by atoms with Gasteiger partial charge in [0.05, 0.1) is 6.21 Å². The molecule has 0 fully saturated rings. The predicted molar refractivity (Wildman–Crippen MR) is 67.9 cm³/mol. The molecule has 3 N–H and O–H groups in total. The molecule has 0 saturated carbocycles. The van der Waals surface area contributed by atoms with Crippen molar-refractivity contribution in [2.75, 3.05) is 6.61 Å². The van der Waals surface area contributed by atoms with Gasteiger partial charge in [-0.05, 0) is 24.6 Å². The van der Waals surface area contributed by atoms with E-state index in [1.807, 2.05) is 0 Å². The smallest absolute Gasteiger partial charge is 0.240 e. The number of nitrogens with zero attached hydrogens (tertiary/aromatic N) is 1. The van der Waals surface area contributed by atoms with Gasteiger partial charge in [0.2, 0.25) is 5.91 Å². The van der Waals surface area contributed by atoms with Crippen molar-refractivity contribution >= 4 is 28.1 Å². The van der Waals surface area contributed by atoms with Crippen LogP contribution in [-0.4, -0.2) is 28.9 Å². The zero-order valence-corrected chi connectivity index (χ0v) is 10.6. The van der Waals surface area contributed by atoms with Gasteiger partial charge in [-0.3, -0.25) is 4.79 Å². The van der Waals surface area contributed by atoms with E-state index in [4.69, 9.17) is 5.11 Å². The lowest BCUT2D eigenvalue weighted by Gasteiger charge is -2.00. The van der Waals surface area contributed by atoms with E-state index in [9.17, 15) is 9.90 Å². The molecule has 1 aromatic carbocycles. The summed E-state index contributed by atoms with van der Waals surface area (Å²) in [6.07, 6.45) is 1.98. The van der Waals surface area contributed by atoms with E-state index >= 15 is 0 Å². The van der Waals surface area contributed by atoms with Crippen LogP contribution in [0.15, 0.2) is 27.8 Å². The number of phenols is 1. The number of carbonyl (C=O) groups excluding carboxylic acids is 1. The zero-order chi connectivity index (χ0) is 12.7. The van der Waals surface area contributed by atoms with E-state index in [-0.39, 0.29) is 24.7 Å². The molecule has 6 heteroatoms. The number of hydrogen-bond donors (Lipinski definition) is 3. The fourth-order valence-corrected chi connectivity index (χ4v) is 1.48. The number of amides is 1. The highest BCUT2D eigenvalue weighted by Gasteiger charge is 2.00. The Labute approximate surface area is 107 Å². The summed E-state index contributed by atoms with van der Waals surface area (Å²) < 4.78 is 0.809. The van der Waals surface area contributed by atoms with Crippen LogP contribution in [0.25, 0.3) is 0 Å². The third-order valence-corrected chi connectivity index (χ3v) is 2.44. The molecular weight excluding hydrogens is 288 g/mol. The molecule has 0 saturated heterocycles. The van der Waals surface area contributed by atoms with Crippen LogP contribution in [-0.2, 0) is 4.79 Å². The average Bonchev–Trinajstić information content (AvgIpc) is 2.31. The Kier molecular flexibility index (Phi) is 5.65. The molecule has 0 aliphatic rings. The molecule has 0 bridgehead atoms. The second kappa shape index (κ2) is 7.03. The van der Waals surface area contributed by atoms with Crippen LogP contribution in [0.2, 0.25) is 0 Å². The van der Waals surface area contributed by atoms with Crippen LogP contribution in [0, 0.1) is 0 Å². The summed E-state index contributed by atoms with van der Waals surface area (Å²) in [4.78, 5) is 11.1.